The third-order valence-electron chi connectivity index (χ3n) is 6.79. The van der Waals surface area contributed by atoms with E-state index in [1.807, 2.05) is 49.9 Å². The summed E-state index contributed by atoms with van der Waals surface area (Å²) in [5.74, 6) is 2.32. The Morgan fingerprint density at radius 2 is 1.89 bits per heavy atom. The van der Waals surface area contributed by atoms with Crippen molar-refractivity contribution in [3.05, 3.63) is 68.6 Å². The van der Waals surface area contributed by atoms with Crippen LogP contribution >= 0.6 is 11.3 Å². The van der Waals surface area contributed by atoms with Crippen LogP contribution in [0.4, 0.5) is 0 Å². The standard InChI is InChI=1S/C28H34N2O5S/c1-6-34-26(31)25-20(4)36-24(29-25)17-30(15-7-8-23-16-18(2)19(3)35-23)27(32)28(13-14-28)21-9-11-22(33-5)12-10-21/h9-12,16H,6-8,13-15,17H2,1-5H3. The number of hydrogen-bond donors (Lipinski definition) is 0. The Hall–Kier alpha value is -3.13. The van der Waals surface area contributed by atoms with Crippen molar-refractivity contribution in [3.63, 3.8) is 0 Å². The van der Waals surface area contributed by atoms with E-state index in [-0.39, 0.29) is 5.91 Å². The van der Waals surface area contributed by atoms with E-state index >= 15 is 0 Å². The van der Waals surface area contributed by atoms with Gasteiger partial charge in [-0.25, -0.2) is 9.78 Å². The number of carbonyl (C=O) groups is 2. The van der Waals surface area contributed by atoms with Crippen LogP contribution in [0.2, 0.25) is 0 Å². The van der Waals surface area contributed by atoms with E-state index in [4.69, 9.17) is 13.9 Å². The lowest BCUT2D eigenvalue weighted by molar-refractivity contribution is -0.134. The SMILES string of the molecule is CCOC(=O)c1nc(CN(CCCc2cc(C)c(C)o2)C(=O)C2(c3ccc(OC)cc3)CC2)sc1C. The number of ether oxygens (including phenoxy) is 2. The molecule has 1 amide bonds. The van der Waals surface area contributed by atoms with E-state index in [0.29, 0.717) is 25.4 Å². The maximum Gasteiger partial charge on any atom is 0.358 e. The minimum absolute atomic E-state index is 0.102. The number of benzene rings is 1. The van der Waals surface area contributed by atoms with Crippen molar-refractivity contribution in [3.8, 4) is 5.75 Å². The number of thiazole rings is 1. The Kier molecular flexibility index (Phi) is 7.83. The van der Waals surface area contributed by atoms with Crippen LogP contribution in [0.5, 0.6) is 5.75 Å². The molecule has 1 fully saturated rings. The Morgan fingerprint density at radius 3 is 2.47 bits per heavy atom. The van der Waals surface area contributed by atoms with Crippen LogP contribution in [-0.2, 0) is 27.9 Å². The van der Waals surface area contributed by atoms with Crippen LogP contribution in [-0.4, -0.2) is 42.0 Å². The smallest absolute Gasteiger partial charge is 0.358 e. The van der Waals surface area contributed by atoms with Crippen LogP contribution in [0.3, 0.4) is 0 Å². The molecule has 1 saturated carbocycles. The van der Waals surface area contributed by atoms with Crippen molar-refractivity contribution in [2.24, 2.45) is 0 Å². The number of nitrogens with zero attached hydrogens (tertiary/aromatic N) is 2. The second-order valence-corrected chi connectivity index (χ2v) is 10.6. The van der Waals surface area contributed by atoms with Crippen LogP contribution < -0.4 is 4.74 Å². The Balaban J connectivity index is 1.54. The molecule has 7 nitrogen and oxygen atoms in total. The first kappa shape index (κ1) is 25.9. The molecular formula is C28H34N2O5S. The number of carbonyl (C=O) groups excluding carboxylic acids is 2. The highest BCUT2D eigenvalue weighted by molar-refractivity contribution is 7.11. The molecule has 3 aromatic rings. The summed E-state index contributed by atoms with van der Waals surface area (Å²) in [5.41, 5.74) is 1.97. The fraction of sp³-hybridized carbons (Fsp3) is 0.464. The van der Waals surface area contributed by atoms with Gasteiger partial charge in [0.15, 0.2) is 5.69 Å². The van der Waals surface area contributed by atoms with Crippen molar-refractivity contribution in [2.45, 2.75) is 65.3 Å². The zero-order valence-electron chi connectivity index (χ0n) is 21.7. The van der Waals surface area contributed by atoms with E-state index < -0.39 is 11.4 Å². The predicted octanol–water partition coefficient (Wildman–Crippen LogP) is 5.54. The lowest BCUT2D eigenvalue weighted by Crippen LogP contribution is -2.39. The first-order chi connectivity index (χ1) is 17.3. The largest absolute Gasteiger partial charge is 0.497 e. The van der Waals surface area contributed by atoms with Gasteiger partial charge in [0.2, 0.25) is 5.91 Å². The van der Waals surface area contributed by atoms with Gasteiger partial charge >= 0.3 is 5.97 Å². The molecule has 2 heterocycles. The highest BCUT2D eigenvalue weighted by atomic mass is 32.1. The molecule has 8 heteroatoms. The van der Waals surface area contributed by atoms with Gasteiger partial charge in [-0.2, -0.15) is 0 Å². The molecule has 2 aromatic heterocycles. The molecule has 1 aliphatic carbocycles. The lowest BCUT2D eigenvalue weighted by atomic mass is 9.94. The first-order valence-electron chi connectivity index (χ1n) is 12.4. The van der Waals surface area contributed by atoms with Crippen molar-refractivity contribution in [1.29, 1.82) is 0 Å². The van der Waals surface area contributed by atoms with E-state index in [1.54, 1.807) is 14.0 Å². The first-order valence-corrected chi connectivity index (χ1v) is 13.2. The molecule has 1 aliphatic rings. The summed E-state index contributed by atoms with van der Waals surface area (Å²) in [6, 6.07) is 9.86. The van der Waals surface area contributed by atoms with Crippen LogP contribution in [0, 0.1) is 20.8 Å². The fourth-order valence-corrected chi connectivity index (χ4v) is 5.44. The minimum atomic E-state index is -0.513. The quantitative estimate of drug-likeness (QED) is 0.315. The van der Waals surface area contributed by atoms with Crippen LogP contribution in [0.1, 0.15) is 69.2 Å². The molecule has 192 valence electrons. The maximum atomic E-state index is 14.0. The summed E-state index contributed by atoms with van der Waals surface area (Å²) in [7, 11) is 1.64. The maximum absolute atomic E-state index is 14.0. The average molecular weight is 511 g/mol. The Labute approximate surface area is 216 Å². The molecule has 1 aromatic carbocycles. The summed E-state index contributed by atoms with van der Waals surface area (Å²) in [6.45, 7) is 8.87. The second-order valence-electron chi connectivity index (χ2n) is 9.33. The van der Waals surface area contributed by atoms with Gasteiger partial charge in [-0.1, -0.05) is 12.1 Å². The topological polar surface area (TPSA) is 81.9 Å². The highest BCUT2D eigenvalue weighted by Gasteiger charge is 2.53. The van der Waals surface area contributed by atoms with Gasteiger partial charge in [0.05, 0.1) is 25.7 Å². The van der Waals surface area contributed by atoms with E-state index in [1.165, 1.54) is 11.3 Å². The normalized spacial score (nSPS) is 13.9. The molecule has 0 bridgehead atoms. The van der Waals surface area contributed by atoms with Gasteiger partial charge in [0.1, 0.15) is 22.3 Å². The monoisotopic (exact) mass is 510 g/mol. The third-order valence-corrected chi connectivity index (χ3v) is 7.75. The molecule has 0 aliphatic heterocycles. The number of esters is 1. The molecule has 0 unspecified atom stereocenters. The van der Waals surface area contributed by atoms with E-state index in [0.717, 1.165) is 64.0 Å². The summed E-state index contributed by atoms with van der Waals surface area (Å²) in [5, 5.41) is 0.735. The van der Waals surface area contributed by atoms with E-state index in [9.17, 15) is 9.59 Å². The van der Waals surface area contributed by atoms with Crippen molar-refractivity contribution >= 4 is 23.2 Å². The van der Waals surface area contributed by atoms with Gasteiger partial charge in [-0.3, -0.25) is 4.79 Å². The van der Waals surface area contributed by atoms with Gasteiger partial charge in [0, 0.05) is 17.8 Å². The lowest BCUT2D eigenvalue weighted by Gasteiger charge is -2.27. The van der Waals surface area contributed by atoms with E-state index in [2.05, 4.69) is 11.1 Å². The third kappa shape index (κ3) is 5.48. The van der Waals surface area contributed by atoms with Crippen LogP contribution in [0.15, 0.2) is 34.7 Å². The zero-order valence-corrected chi connectivity index (χ0v) is 22.5. The Bertz CT molecular complexity index is 1200. The summed E-state index contributed by atoms with van der Waals surface area (Å²) < 4.78 is 16.3. The number of amides is 1. The Morgan fingerprint density at radius 1 is 1.17 bits per heavy atom. The number of furan rings is 1. The van der Waals surface area contributed by atoms with Gasteiger partial charge in [-0.05, 0) is 76.3 Å². The molecule has 4 rings (SSSR count). The second kappa shape index (κ2) is 10.9. The van der Waals surface area contributed by atoms with Crippen molar-refractivity contribution in [1.82, 2.24) is 9.88 Å². The van der Waals surface area contributed by atoms with Gasteiger partial charge in [-0.15, -0.1) is 11.3 Å². The molecule has 0 radical (unpaired) electrons. The van der Waals surface area contributed by atoms with Crippen molar-refractivity contribution < 1.29 is 23.5 Å². The number of aromatic nitrogens is 1. The number of methoxy groups -OCH3 is 1. The number of hydrogen-bond acceptors (Lipinski definition) is 7. The highest BCUT2D eigenvalue weighted by Crippen LogP contribution is 2.50. The summed E-state index contributed by atoms with van der Waals surface area (Å²) in [4.78, 5) is 33.5. The number of rotatable bonds is 11. The van der Waals surface area contributed by atoms with Gasteiger partial charge < -0.3 is 18.8 Å². The molecule has 0 saturated heterocycles. The molecule has 36 heavy (non-hydrogen) atoms. The summed E-state index contributed by atoms with van der Waals surface area (Å²) >= 11 is 1.44. The number of aryl methyl sites for hydroxylation is 4. The predicted molar refractivity (Wildman–Crippen MR) is 139 cm³/mol. The molecule has 0 spiro atoms. The molecular weight excluding hydrogens is 476 g/mol. The summed E-state index contributed by atoms with van der Waals surface area (Å²) in [6.07, 6.45) is 3.15. The molecule has 0 atom stereocenters. The van der Waals surface area contributed by atoms with Crippen LogP contribution in [0.25, 0.3) is 0 Å². The van der Waals surface area contributed by atoms with Crippen molar-refractivity contribution in [2.75, 3.05) is 20.3 Å². The zero-order chi connectivity index (χ0) is 25.9. The molecule has 0 N–H and O–H groups in total. The fourth-order valence-electron chi connectivity index (χ4n) is 4.50. The average Bonchev–Trinajstić information content (AvgIpc) is 3.50. The van der Waals surface area contributed by atoms with Gasteiger partial charge in [0.25, 0.3) is 0 Å². The minimum Gasteiger partial charge on any atom is -0.497 e.